The molecule has 3 heteroatoms. The molecule has 38 heavy (non-hydrogen) atoms. The molecule has 7 rings (SSSR count). The van der Waals surface area contributed by atoms with Gasteiger partial charge in [0.1, 0.15) is 0 Å². The van der Waals surface area contributed by atoms with Crippen LogP contribution in [-0.4, -0.2) is 9.97 Å². The van der Waals surface area contributed by atoms with E-state index in [4.69, 9.17) is 0 Å². The lowest BCUT2D eigenvalue weighted by atomic mass is 9.93. The van der Waals surface area contributed by atoms with E-state index in [9.17, 15) is 0 Å². The van der Waals surface area contributed by atoms with E-state index in [1.807, 2.05) is 48.3 Å². The second-order valence-electron chi connectivity index (χ2n) is 9.56. The number of pyridine rings is 2. The van der Waals surface area contributed by atoms with E-state index >= 15 is 0 Å². The first-order chi connectivity index (χ1) is 18.8. The lowest BCUT2D eigenvalue weighted by molar-refractivity contribution is 1.32. The second-order valence-corrected chi connectivity index (χ2v) is 10.6. The minimum Gasteiger partial charge on any atom is -0.264 e. The number of aromatic nitrogens is 2. The van der Waals surface area contributed by atoms with Gasteiger partial charge < -0.3 is 0 Å². The van der Waals surface area contributed by atoms with E-state index in [1.165, 1.54) is 48.0 Å². The average Bonchev–Trinajstić information content (AvgIpc) is 3.37. The van der Waals surface area contributed by atoms with Crippen LogP contribution in [0.5, 0.6) is 0 Å². The van der Waals surface area contributed by atoms with Gasteiger partial charge in [0.2, 0.25) is 0 Å². The molecular formula is C35H24N2S. The van der Waals surface area contributed by atoms with Gasteiger partial charge in [0, 0.05) is 56.1 Å². The summed E-state index contributed by atoms with van der Waals surface area (Å²) in [5, 5.41) is 2.61. The van der Waals surface area contributed by atoms with Crippen LogP contribution >= 0.6 is 11.3 Å². The molecule has 0 spiro atoms. The van der Waals surface area contributed by atoms with Crippen LogP contribution in [0.4, 0.5) is 0 Å². The number of thiophene rings is 1. The summed E-state index contributed by atoms with van der Waals surface area (Å²) in [5.74, 6) is 0. The zero-order valence-electron chi connectivity index (χ0n) is 20.9. The highest BCUT2D eigenvalue weighted by Gasteiger charge is 2.16. The Balaban J connectivity index is 1.49. The summed E-state index contributed by atoms with van der Waals surface area (Å²) in [5.41, 5.74) is 10.8. The summed E-state index contributed by atoms with van der Waals surface area (Å²) in [6, 6.07) is 37.1. The van der Waals surface area contributed by atoms with Crippen molar-refractivity contribution in [3.8, 4) is 44.5 Å². The number of hydrogen-bond donors (Lipinski definition) is 0. The molecule has 0 amide bonds. The molecule has 180 valence electrons. The van der Waals surface area contributed by atoms with Crippen LogP contribution in [0.15, 0.2) is 128 Å². The molecule has 7 aromatic rings. The van der Waals surface area contributed by atoms with E-state index in [2.05, 4.69) is 108 Å². The predicted octanol–water partition coefficient (Wildman–Crippen LogP) is 9.82. The van der Waals surface area contributed by atoms with E-state index in [-0.39, 0.29) is 0 Å². The summed E-state index contributed by atoms with van der Waals surface area (Å²) >= 11 is 1.89. The topological polar surface area (TPSA) is 25.8 Å². The molecule has 4 aromatic carbocycles. The van der Waals surface area contributed by atoms with Crippen LogP contribution in [0.1, 0.15) is 5.56 Å². The fourth-order valence-corrected chi connectivity index (χ4v) is 6.68. The zero-order chi connectivity index (χ0) is 25.5. The molecule has 0 atom stereocenters. The van der Waals surface area contributed by atoms with Crippen LogP contribution in [0.3, 0.4) is 0 Å². The minimum absolute atomic E-state index is 1.10. The molecule has 0 N–H and O–H groups in total. The number of hydrogen-bond acceptors (Lipinski definition) is 3. The third-order valence-electron chi connectivity index (χ3n) is 7.19. The monoisotopic (exact) mass is 504 g/mol. The van der Waals surface area contributed by atoms with Crippen molar-refractivity contribution in [2.75, 3.05) is 0 Å². The van der Waals surface area contributed by atoms with Crippen molar-refractivity contribution in [2.45, 2.75) is 6.92 Å². The van der Waals surface area contributed by atoms with Crippen molar-refractivity contribution in [3.05, 3.63) is 133 Å². The van der Waals surface area contributed by atoms with Crippen LogP contribution in [-0.2, 0) is 0 Å². The van der Waals surface area contributed by atoms with Gasteiger partial charge >= 0.3 is 0 Å². The summed E-state index contributed by atoms with van der Waals surface area (Å²) in [6.07, 6.45) is 7.50. The standard InChI is InChI=1S/C35H24N2S/c1-23-8-2-3-11-29(23)31-13-5-15-33-32-14-4-12-30(34(32)38-35(31)33)28-19-26(24-9-6-16-36-21-24)18-27(20-28)25-10-7-17-37-22-25/h2-22H,1H3. The number of rotatable bonds is 4. The van der Waals surface area contributed by atoms with E-state index in [0.29, 0.717) is 0 Å². The first-order valence-corrected chi connectivity index (χ1v) is 13.5. The van der Waals surface area contributed by atoms with E-state index in [0.717, 1.165) is 22.3 Å². The SMILES string of the molecule is Cc1ccccc1-c1cccc2c1sc1c(-c3cc(-c4cccnc4)cc(-c4cccnc4)c3)cccc12. The van der Waals surface area contributed by atoms with Crippen molar-refractivity contribution in [1.29, 1.82) is 0 Å². The summed E-state index contributed by atoms with van der Waals surface area (Å²) in [6.45, 7) is 2.19. The number of nitrogens with zero attached hydrogens (tertiary/aromatic N) is 2. The Morgan fingerprint density at radius 2 is 1.03 bits per heavy atom. The first-order valence-electron chi connectivity index (χ1n) is 12.7. The smallest absolute Gasteiger partial charge is 0.0434 e. The molecule has 0 bridgehead atoms. The Bertz CT molecular complexity index is 1860. The fraction of sp³-hybridized carbons (Fsp3) is 0.0286. The lowest BCUT2D eigenvalue weighted by Crippen LogP contribution is -1.87. The Kier molecular flexibility index (Phi) is 5.57. The van der Waals surface area contributed by atoms with Gasteiger partial charge in [-0.05, 0) is 76.2 Å². The third-order valence-corrected chi connectivity index (χ3v) is 8.48. The van der Waals surface area contributed by atoms with Gasteiger partial charge in [-0.3, -0.25) is 9.97 Å². The molecule has 0 aliphatic rings. The van der Waals surface area contributed by atoms with Gasteiger partial charge in [0.05, 0.1) is 0 Å². The normalized spacial score (nSPS) is 11.3. The molecule has 3 aromatic heterocycles. The highest BCUT2D eigenvalue weighted by atomic mass is 32.1. The Morgan fingerprint density at radius 3 is 1.63 bits per heavy atom. The van der Waals surface area contributed by atoms with Gasteiger partial charge in [-0.15, -0.1) is 11.3 Å². The second kappa shape index (κ2) is 9.37. The molecule has 2 nitrogen and oxygen atoms in total. The van der Waals surface area contributed by atoms with Gasteiger partial charge in [-0.2, -0.15) is 0 Å². The average molecular weight is 505 g/mol. The Morgan fingerprint density at radius 1 is 0.474 bits per heavy atom. The van der Waals surface area contributed by atoms with Gasteiger partial charge in [0.15, 0.2) is 0 Å². The van der Waals surface area contributed by atoms with Crippen molar-refractivity contribution in [1.82, 2.24) is 9.97 Å². The number of aryl methyl sites for hydroxylation is 1. The van der Waals surface area contributed by atoms with Gasteiger partial charge in [-0.1, -0.05) is 72.8 Å². The fourth-order valence-electron chi connectivity index (χ4n) is 5.32. The highest BCUT2D eigenvalue weighted by molar-refractivity contribution is 7.26. The van der Waals surface area contributed by atoms with E-state index in [1.54, 1.807) is 0 Å². The molecule has 0 saturated heterocycles. The first kappa shape index (κ1) is 22.6. The maximum Gasteiger partial charge on any atom is 0.0434 e. The quantitative estimate of drug-likeness (QED) is 0.238. The van der Waals surface area contributed by atoms with Crippen LogP contribution < -0.4 is 0 Å². The van der Waals surface area contributed by atoms with Gasteiger partial charge in [-0.25, -0.2) is 0 Å². The summed E-state index contributed by atoms with van der Waals surface area (Å²) < 4.78 is 2.64. The molecule has 0 aliphatic heterocycles. The maximum absolute atomic E-state index is 4.38. The van der Waals surface area contributed by atoms with Crippen molar-refractivity contribution in [3.63, 3.8) is 0 Å². The lowest BCUT2D eigenvalue weighted by Gasteiger charge is -2.11. The van der Waals surface area contributed by atoms with Crippen molar-refractivity contribution < 1.29 is 0 Å². The van der Waals surface area contributed by atoms with Crippen molar-refractivity contribution >= 4 is 31.5 Å². The third kappa shape index (κ3) is 3.89. The van der Waals surface area contributed by atoms with Crippen LogP contribution in [0.2, 0.25) is 0 Å². The molecule has 0 aliphatic carbocycles. The Labute approximate surface area is 225 Å². The minimum atomic E-state index is 1.10. The van der Waals surface area contributed by atoms with E-state index < -0.39 is 0 Å². The zero-order valence-corrected chi connectivity index (χ0v) is 21.7. The molecule has 0 fully saturated rings. The summed E-state index contributed by atoms with van der Waals surface area (Å²) in [7, 11) is 0. The number of fused-ring (bicyclic) bond motifs is 3. The Hall–Kier alpha value is -4.60. The predicted molar refractivity (Wildman–Crippen MR) is 161 cm³/mol. The molecular weight excluding hydrogens is 480 g/mol. The molecule has 0 radical (unpaired) electrons. The molecule has 0 saturated carbocycles. The largest absolute Gasteiger partial charge is 0.264 e. The molecule has 0 unspecified atom stereocenters. The highest BCUT2D eigenvalue weighted by Crippen LogP contribution is 2.45. The molecule has 3 heterocycles. The maximum atomic E-state index is 4.38. The van der Waals surface area contributed by atoms with Crippen molar-refractivity contribution in [2.24, 2.45) is 0 Å². The van der Waals surface area contributed by atoms with Crippen LogP contribution in [0, 0.1) is 6.92 Å². The van der Waals surface area contributed by atoms with Gasteiger partial charge in [0.25, 0.3) is 0 Å². The number of benzene rings is 4. The summed E-state index contributed by atoms with van der Waals surface area (Å²) in [4.78, 5) is 8.76. The van der Waals surface area contributed by atoms with Crippen LogP contribution in [0.25, 0.3) is 64.7 Å².